The Labute approximate surface area is 130 Å². The summed E-state index contributed by atoms with van der Waals surface area (Å²) in [4.78, 5) is 0. The normalized spacial score (nSPS) is 35.9. The highest BCUT2D eigenvalue weighted by Crippen LogP contribution is 2.61. The van der Waals surface area contributed by atoms with Crippen molar-refractivity contribution in [3.05, 3.63) is 41.0 Å². The zero-order valence-electron chi connectivity index (χ0n) is 12.6. The van der Waals surface area contributed by atoms with E-state index in [2.05, 4.69) is 0 Å². The number of hydrogen-bond donors (Lipinski definition) is 1. The molecule has 126 valence electrons. The average molecular weight is 332 g/mol. The highest BCUT2D eigenvalue weighted by molar-refractivity contribution is 5.52. The fourth-order valence-corrected chi connectivity index (χ4v) is 3.61. The van der Waals surface area contributed by atoms with Gasteiger partial charge in [0.05, 0.1) is 0 Å². The molecular formula is C17H17F5O. The second kappa shape index (κ2) is 5.03. The molecule has 2 bridgehead atoms. The Morgan fingerprint density at radius 1 is 1.09 bits per heavy atom. The van der Waals surface area contributed by atoms with E-state index in [4.69, 9.17) is 0 Å². The number of halogens is 5. The number of aliphatic hydroxyl groups is 1. The number of allylic oxidation sites excluding steroid dienone is 1. The Morgan fingerprint density at radius 3 is 2.30 bits per heavy atom. The third-order valence-corrected chi connectivity index (χ3v) is 5.35. The lowest BCUT2D eigenvalue weighted by molar-refractivity contribution is -0.288. The van der Waals surface area contributed by atoms with Gasteiger partial charge in [0.15, 0.2) is 17.8 Å². The van der Waals surface area contributed by atoms with Gasteiger partial charge in [0.1, 0.15) is 5.60 Å². The lowest BCUT2D eigenvalue weighted by Gasteiger charge is -2.55. The first-order valence-corrected chi connectivity index (χ1v) is 7.51. The van der Waals surface area contributed by atoms with Crippen molar-refractivity contribution in [2.45, 2.75) is 50.3 Å². The molecule has 23 heavy (non-hydrogen) atoms. The summed E-state index contributed by atoms with van der Waals surface area (Å²) < 4.78 is 69.9. The highest BCUT2D eigenvalue weighted by Gasteiger charge is 2.70. The molecule has 3 fully saturated rings. The van der Waals surface area contributed by atoms with Crippen molar-refractivity contribution in [1.82, 2.24) is 0 Å². The first-order chi connectivity index (χ1) is 10.6. The summed E-state index contributed by atoms with van der Waals surface area (Å²) in [6.07, 6.45) is -0.491. The standard InChI is InChI=1S/C17H17F5O/c1-10-2-3-11(13(19)12(10)18)4-5-15-6-8-16(23,9-7-15)17(21,22)14(15)20/h2-5,14,23H,6-9H2,1H3/b5-4+. The number of rotatable bonds is 2. The van der Waals surface area contributed by atoms with Crippen LogP contribution in [0.25, 0.3) is 6.08 Å². The molecule has 1 N–H and O–H groups in total. The molecule has 0 aromatic heterocycles. The van der Waals surface area contributed by atoms with Crippen molar-refractivity contribution in [3.8, 4) is 0 Å². The Kier molecular flexibility index (Phi) is 3.59. The predicted octanol–water partition coefficient (Wildman–Crippen LogP) is 4.56. The third kappa shape index (κ3) is 2.22. The summed E-state index contributed by atoms with van der Waals surface area (Å²) in [6.45, 7) is 1.41. The van der Waals surface area contributed by atoms with Gasteiger partial charge in [-0.15, -0.1) is 0 Å². The quantitative estimate of drug-likeness (QED) is 0.787. The van der Waals surface area contributed by atoms with Gasteiger partial charge in [-0.2, -0.15) is 0 Å². The minimum Gasteiger partial charge on any atom is -0.383 e. The van der Waals surface area contributed by atoms with Crippen LogP contribution in [0, 0.1) is 24.0 Å². The SMILES string of the molecule is Cc1ccc(/C=C/C23CCC(O)(CC2)C(F)(F)C3F)c(F)c1F. The number of benzene rings is 1. The highest BCUT2D eigenvalue weighted by atomic mass is 19.3. The second-order valence-electron chi connectivity index (χ2n) is 6.68. The molecule has 0 spiro atoms. The van der Waals surface area contributed by atoms with E-state index < -0.39 is 34.7 Å². The first-order valence-electron chi connectivity index (χ1n) is 7.51. The zero-order chi connectivity index (χ0) is 17.0. The minimum atomic E-state index is -3.84. The molecule has 3 saturated carbocycles. The number of aryl methyl sites for hydroxylation is 1. The fourth-order valence-electron chi connectivity index (χ4n) is 3.61. The van der Waals surface area contributed by atoms with Crippen LogP contribution in [0.4, 0.5) is 22.0 Å². The van der Waals surface area contributed by atoms with Gasteiger partial charge in [0.2, 0.25) is 0 Å². The van der Waals surface area contributed by atoms with Gasteiger partial charge in [-0.1, -0.05) is 24.3 Å². The Morgan fingerprint density at radius 2 is 1.70 bits per heavy atom. The van der Waals surface area contributed by atoms with Crippen LogP contribution >= 0.6 is 0 Å². The van der Waals surface area contributed by atoms with Crippen molar-refractivity contribution in [1.29, 1.82) is 0 Å². The van der Waals surface area contributed by atoms with Crippen LogP contribution in [-0.4, -0.2) is 22.8 Å². The van der Waals surface area contributed by atoms with Crippen LogP contribution in [0.15, 0.2) is 18.2 Å². The summed E-state index contributed by atoms with van der Waals surface area (Å²) in [5.41, 5.74) is -3.73. The topological polar surface area (TPSA) is 20.2 Å². The summed E-state index contributed by atoms with van der Waals surface area (Å²) in [5.74, 6) is -5.93. The van der Waals surface area contributed by atoms with E-state index in [1.165, 1.54) is 25.1 Å². The largest absolute Gasteiger partial charge is 0.383 e. The smallest absolute Gasteiger partial charge is 0.307 e. The molecule has 0 heterocycles. The lowest BCUT2D eigenvalue weighted by Crippen LogP contribution is -2.67. The molecule has 4 rings (SSSR count). The van der Waals surface area contributed by atoms with Crippen molar-refractivity contribution >= 4 is 6.08 Å². The van der Waals surface area contributed by atoms with E-state index in [1.54, 1.807) is 0 Å². The molecule has 1 aromatic rings. The molecule has 1 nitrogen and oxygen atoms in total. The Hall–Kier alpha value is -1.43. The van der Waals surface area contributed by atoms with E-state index in [0.717, 1.165) is 6.08 Å². The van der Waals surface area contributed by atoms with Crippen LogP contribution in [0.1, 0.15) is 36.8 Å². The van der Waals surface area contributed by atoms with Crippen LogP contribution in [0.2, 0.25) is 0 Å². The van der Waals surface area contributed by atoms with Crippen molar-refractivity contribution in [3.63, 3.8) is 0 Å². The third-order valence-electron chi connectivity index (χ3n) is 5.35. The minimum absolute atomic E-state index is 0.0483. The summed E-state index contributed by atoms with van der Waals surface area (Å²) in [6, 6.07) is 2.70. The Bertz CT molecular complexity index is 659. The maximum absolute atomic E-state index is 14.4. The fraction of sp³-hybridized carbons (Fsp3) is 0.529. The predicted molar refractivity (Wildman–Crippen MR) is 75.8 cm³/mol. The zero-order valence-corrected chi connectivity index (χ0v) is 12.6. The molecule has 1 unspecified atom stereocenters. The van der Waals surface area contributed by atoms with E-state index >= 15 is 0 Å². The molecule has 3 aliphatic rings. The maximum Gasteiger partial charge on any atom is 0.307 e. The van der Waals surface area contributed by atoms with Gasteiger partial charge in [-0.05, 0) is 38.2 Å². The summed E-state index contributed by atoms with van der Waals surface area (Å²) in [5, 5.41) is 9.90. The van der Waals surface area contributed by atoms with E-state index in [-0.39, 0.29) is 36.8 Å². The van der Waals surface area contributed by atoms with Crippen molar-refractivity contribution < 1.29 is 27.1 Å². The number of hydrogen-bond acceptors (Lipinski definition) is 1. The van der Waals surface area contributed by atoms with E-state index in [0.29, 0.717) is 0 Å². The summed E-state index contributed by atoms with van der Waals surface area (Å²) in [7, 11) is 0. The maximum atomic E-state index is 14.4. The van der Waals surface area contributed by atoms with Gasteiger partial charge >= 0.3 is 5.92 Å². The van der Waals surface area contributed by atoms with Crippen molar-refractivity contribution in [2.75, 3.05) is 0 Å². The van der Waals surface area contributed by atoms with Crippen LogP contribution < -0.4 is 0 Å². The van der Waals surface area contributed by atoms with Gasteiger partial charge in [0, 0.05) is 11.0 Å². The molecule has 1 aromatic carbocycles. The second-order valence-corrected chi connectivity index (χ2v) is 6.68. The molecule has 3 aliphatic carbocycles. The molecular weight excluding hydrogens is 315 g/mol. The van der Waals surface area contributed by atoms with E-state index in [1.807, 2.05) is 0 Å². The number of fused-ring (bicyclic) bond motifs is 3. The van der Waals surface area contributed by atoms with Gasteiger partial charge in [-0.3, -0.25) is 0 Å². The van der Waals surface area contributed by atoms with Gasteiger partial charge < -0.3 is 5.11 Å². The molecule has 0 amide bonds. The molecule has 0 saturated heterocycles. The van der Waals surface area contributed by atoms with Crippen LogP contribution in [0.3, 0.4) is 0 Å². The van der Waals surface area contributed by atoms with E-state index in [9.17, 15) is 27.1 Å². The van der Waals surface area contributed by atoms with Gasteiger partial charge in [0.25, 0.3) is 0 Å². The van der Waals surface area contributed by atoms with Crippen LogP contribution in [-0.2, 0) is 0 Å². The van der Waals surface area contributed by atoms with Crippen LogP contribution in [0.5, 0.6) is 0 Å². The van der Waals surface area contributed by atoms with Gasteiger partial charge in [-0.25, -0.2) is 22.0 Å². The Balaban J connectivity index is 1.95. The number of alkyl halides is 3. The molecule has 0 radical (unpaired) electrons. The lowest BCUT2D eigenvalue weighted by atomic mass is 9.55. The monoisotopic (exact) mass is 332 g/mol. The summed E-state index contributed by atoms with van der Waals surface area (Å²) >= 11 is 0. The van der Waals surface area contributed by atoms with Crippen molar-refractivity contribution in [2.24, 2.45) is 5.41 Å². The molecule has 0 aliphatic heterocycles. The first kappa shape index (κ1) is 16.4. The molecule has 1 atom stereocenters. The molecule has 6 heteroatoms. The average Bonchev–Trinajstić information content (AvgIpc) is 2.52.